The van der Waals surface area contributed by atoms with Crippen LogP contribution in [0.3, 0.4) is 0 Å². The summed E-state index contributed by atoms with van der Waals surface area (Å²) in [5, 5.41) is 10.3. The summed E-state index contributed by atoms with van der Waals surface area (Å²) in [6.07, 6.45) is 2.79. The Labute approximate surface area is 231 Å². The van der Waals surface area contributed by atoms with Crippen LogP contribution in [0.15, 0.2) is 78.9 Å². The topological polar surface area (TPSA) is 65.6 Å². The molecule has 7 heteroatoms. The third-order valence-electron chi connectivity index (χ3n) is 6.83. The van der Waals surface area contributed by atoms with Crippen LogP contribution in [0.2, 0.25) is 5.02 Å². The maximum absolute atomic E-state index is 12.3. The van der Waals surface area contributed by atoms with Crippen molar-refractivity contribution in [2.45, 2.75) is 45.1 Å². The Bertz CT molecular complexity index is 1130. The molecule has 0 radical (unpaired) electrons. The summed E-state index contributed by atoms with van der Waals surface area (Å²) in [4.78, 5) is 14.7. The monoisotopic (exact) mass is 534 g/mol. The molecule has 1 fully saturated rings. The highest BCUT2D eigenvalue weighted by atomic mass is 35.5. The van der Waals surface area contributed by atoms with Gasteiger partial charge in [-0.25, -0.2) is 4.79 Å². The van der Waals surface area contributed by atoms with Crippen LogP contribution in [0, 0.1) is 0 Å². The number of hydrogen-bond acceptors (Lipinski definition) is 4. The normalized spacial score (nSPS) is 17.0. The van der Waals surface area contributed by atoms with Crippen LogP contribution in [0.25, 0.3) is 11.1 Å². The Morgan fingerprint density at radius 1 is 0.868 bits per heavy atom. The largest absolute Gasteiger partial charge is 0.374 e. The fraction of sp³-hybridized carbons (Fsp3) is 0.387. The molecule has 0 aromatic heterocycles. The molecule has 0 saturated carbocycles. The summed E-state index contributed by atoms with van der Waals surface area (Å²) < 4.78 is 6.07. The van der Waals surface area contributed by atoms with Crippen molar-refractivity contribution in [1.29, 1.82) is 0 Å². The van der Waals surface area contributed by atoms with Gasteiger partial charge in [-0.1, -0.05) is 72.3 Å². The van der Waals surface area contributed by atoms with Crippen LogP contribution >= 0.6 is 11.6 Å². The second-order valence-corrected chi connectivity index (χ2v) is 10.4. The van der Waals surface area contributed by atoms with Crippen molar-refractivity contribution in [2.24, 2.45) is 0 Å². The van der Waals surface area contributed by atoms with E-state index in [1.807, 2.05) is 42.5 Å². The van der Waals surface area contributed by atoms with E-state index in [-0.39, 0.29) is 12.1 Å². The van der Waals surface area contributed by atoms with Crippen LogP contribution in [0.5, 0.6) is 0 Å². The first-order valence-corrected chi connectivity index (χ1v) is 13.9. The number of carbonyl (C=O) groups is 1. The quantitative estimate of drug-likeness (QED) is 0.255. The minimum Gasteiger partial charge on any atom is -0.374 e. The molecule has 0 bridgehead atoms. The lowest BCUT2D eigenvalue weighted by Crippen LogP contribution is -2.44. The number of urea groups is 1. The molecule has 1 saturated heterocycles. The summed E-state index contributed by atoms with van der Waals surface area (Å²) in [7, 11) is 0. The highest BCUT2D eigenvalue weighted by molar-refractivity contribution is 6.30. The summed E-state index contributed by atoms with van der Waals surface area (Å²) in [6.45, 7) is 7.45. The molecule has 3 aromatic carbocycles. The highest BCUT2D eigenvalue weighted by Gasteiger charge is 2.23. The standard InChI is InChI=1S/C31H39ClN4O2/c1-24-10-15-30(38-24)23-36(19-17-34-31(37)35-22-25-6-3-2-4-7-25)18-16-33-21-26-8-5-9-28(20-26)27-11-13-29(32)14-12-27/h2-9,11-14,20,24,30,33H,10,15-19,21-23H2,1H3,(H2,34,35,37). The molecule has 38 heavy (non-hydrogen) atoms. The van der Waals surface area contributed by atoms with Gasteiger partial charge < -0.3 is 20.7 Å². The molecule has 1 aliphatic rings. The van der Waals surface area contributed by atoms with Gasteiger partial charge in [-0.15, -0.1) is 0 Å². The number of ether oxygens (including phenoxy) is 1. The van der Waals surface area contributed by atoms with Crippen LogP contribution in [0.1, 0.15) is 30.9 Å². The molecule has 2 amide bonds. The fourth-order valence-electron chi connectivity index (χ4n) is 4.74. The lowest BCUT2D eigenvalue weighted by molar-refractivity contribution is 0.0319. The molecule has 0 aliphatic carbocycles. The molecule has 4 rings (SSSR count). The zero-order chi connectivity index (χ0) is 26.6. The third-order valence-corrected chi connectivity index (χ3v) is 7.08. The summed E-state index contributed by atoms with van der Waals surface area (Å²) in [6, 6.07) is 26.3. The summed E-state index contributed by atoms with van der Waals surface area (Å²) >= 11 is 6.04. The molecule has 6 nitrogen and oxygen atoms in total. The Hall–Kier alpha value is -2.90. The third kappa shape index (κ3) is 9.44. The molecule has 2 unspecified atom stereocenters. The number of hydrogen-bond donors (Lipinski definition) is 3. The lowest BCUT2D eigenvalue weighted by Gasteiger charge is -2.26. The SMILES string of the molecule is CC1CCC(CN(CCNCc2cccc(-c3ccc(Cl)cc3)c2)CCNC(=O)NCc2ccccc2)O1. The number of amides is 2. The molecular formula is C31H39ClN4O2. The van der Waals surface area contributed by atoms with Crippen molar-refractivity contribution >= 4 is 17.6 Å². The van der Waals surface area contributed by atoms with Gasteiger partial charge in [0.15, 0.2) is 0 Å². The van der Waals surface area contributed by atoms with Crippen molar-refractivity contribution < 1.29 is 9.53 Å². The second-order valence-electron chi connectivity index (χ2n) is 9.93. The molecular weight excluding hydrogens is 496 g/mol. The van der Waals surface area contributed by atoms with Gasteiger partial charge in [-0.2, -0.15) is 0 Å². The van der Waals surface area contributed by atoms with Gasteiger partial charge >= 0.3 is 6.03 Å². The van der Waals surface area contributed by atoms with Gasteiger partial charge in [0.25, 0.3) is 0 Å². The molecule has 2 atom stereocenters. The second kappa shape index (κ2) is 14.9. The van der Waals surface area contributed by atoms with Gasteiger partial charge in [-0.05, 0) is 60.2 Å². The number of halogens is 1. The number of benzene rings is 3. The molecule has 3 N–H and O–H groups in total. The zero-order valence-corrected chi connectivity index (χ0v) is 22.9. The van der Waals surface area contributed by atoms with E-state index in [1.165, 1.54) is 11.1 Å². The summed E-state index contributed by atoms with van der Waals surface area (Å²) in [5.74, 6) is 0. The van der Waals surface area contributed by atoms with Crippen molar-refractivity contribution in [3.63, 3.8) is 0 Å². The van der Waals surface area contributed by atoms with E-state index < -0.39 is 0 Å². The van der Waals surface area contributed by atoms with E-state index in [0.29, 0.717) is 19.2 Å². The molecule has 0 spiro atoms. The zero-order valence-electron chi connectivity index (χ0n) is 22.2. The van der Waals surface area contributed by atoms with E-state index in [0.717, 1.165) is 61.7 Å². The summed E-state index contributed by atoms with van der Waals surface area (Å²) in [5.41, 5.74) is 4.68. The van der Waals surface area contributed by atoms with Gasteiger partial charge in [-0.3, -0.25) is 4.90 Å². The average molecular weight is 535 g/mol. The fourth-order valence-corrected chi connectivity index (χ4v) is 4.87. The average Bonchev–Trinajstić information content (AvgIpc) is 3.35. The van der Waals surface area contributed by atoms with E-state index >= 15 is 0 Å². The predicted octanol–water partition coefficient (Wildman–Crippen LogP) is 5.47. The Morgan fingerprint density at radius 3 is 2.39 bits per heavy atom. The van der Waals surface area contributed by atoms with Crippen molar-refractivity contribution in [1.82, 2.24) is 20.9 Å². The van der Waals surface area contributed by atoms with E-state index in [2.05, 4.69) is 64.2 Å². The van der Waals surface area contributed by atoms with Crippen molar-refractivity contribution in [3.8, 4) is 11.1 Å². The van der Waals surface area contributed by atoms with Crippen LogP contribution < -0.4 is 16.0 Å². The number of nitrogens with one attached hydrogen (secondary N) is 3. The van der Waals surface area contributed by atoms with Crippen LogP contribution in [0.4, 0.5) is 4.79 Å². The number of rotatable bonds is 13. The maximum atomic E-state index is 12.3. The highest BCUT2D eigenvalue weighted by Crippen LogP contribution is 2.22. The predicted molar refractivity (Wildman–Crippen MR) is 155 cm³/mol. The van der Waals surface area contributed by atoms with E-state index in [4.69, 9.17) is 16.3 Å². The van der Waals surface area contributed by atoms with E-state index in [1.54, 1.807) is 0 Å². The smallest absolute Gasteiger partial charge is 0.315 e. The minimum absolute atomic E-state index is 0.141. The Kier molecular flexibility index (Phi) is 11.0. The maximum Gasteiger partial charge on any atom is 0.315 e. The minimum atomic E-state index is -0.141. The van der Waals surface area contributed by atoms with Crippen LogP contribution in [-0.4, -0.2) is 55.9 Å². The lowest BCUT2D eigenvalue weighted by atomic mass is 10.0. The Balaban J connectivity index is 1.21. The van der Waals surface area contributed by atoms with Gasteiger partial charge in [0, 0.05) is 50.8 Å². The number of nitrogens with zero attached hydrogens (tertiary/aromatic N) is 1. The first-order valence-electron chi connectivity index (χ1n) is 13.5. The van der Waals surface area contributed by atoms with Gasteiger partial charge in [0.05, 0.1) is 12.2 Å². The van der Waals surface area contributed by atoms with Gasteiger partial charge in [0.2, 0.25) is 0 Å². The first kappa shape index (κ1) is 28.1. The molecule has 202 valence electrons. The molecule has 1 heterocycles. The Morgan fingerprint density at radius 2 is 1.63 bits per heavy atom. The van der Waals surface area contributed by atoms with E-state index in [9.17, 15) is 4.79 Å². The van der Waals surface area contributed by atoms with Crippen LogP contribution in [-0.2, 0) is 17.8 Å². The van der Waals surface area contributed by atoms with Crippen molar-refractivity contribution in [3.05, 3.63) is 95.0 Å². The number of carbonyl (C=O) groups excluding carboxylic acids is 1. The van der Waals surface area contributed by atoms with Gasteiger partial charge in [0.1, 0.15) is 0 Å². The van der Waals surface area contributed by atoms with Crippen molar-refractivity contribution in [2.75, 3.05) is 32.7 Å². The molecule has 3 aromatic rings. The first-order chi connectivity index (χ1) is 18.5. The molecule has 1 aliphatic heterocycles.